The van der Waals surface area contributed by atoms with Crippen LogP contribution in [0.4, 0.5) is 4.39 Å². The number of hydrogen-bond acceptors (Lipinski definition) is 3. The smallest absolute Gasteiger partial charge is 0.141 e. The van der Waals surface area contributed by atoms with Gasteiger partial charge in [-0.1, -0.05) is 6.92 Å². The van der Waals surface area contributed by atoms with Crippen molar-refractivity contribution in [3.63, 3.8) is 0 Å². The minimum absolute atomic E-state index is 0.349. The predicted octanol–water partition coefficient (Wildman–Crippen LogP) is 2.07. The van der Waals surface area contributed by atoms with Crippen LogP contribution in [-0.4, -0.2) is 14.8 Å². The molecule has 2 rings (SSSR count). The Morgan fingerprint density at radius 3 is 2.63 bits per heavy atom. The first-order chi connectivity index (χ1) is 8.94. The van der Waals surface area contributed by atoms with E-state index in [1.165, 1.54) is 12.3 Å². The Morgan fingerprint density at radius 1 is 1.42 bits per heavy atom. The second-order valence-electron chi connectivity index (χ2n) is 4.95. The summed E-state index contributed by atoms with van der Waals surface area (Å²) in [5, 5.41) is 4.32. The van der Waals surface area contributed by atoms with Gasteiger partial charge in [0, 0.05) is 19.2 Å². The highest BCUT2D eigenvalue weighted by atomic mass is 19.1. The van der Waals surface area contributed by atoms with Gasteiger partial charge in [-0.25, -0.2) is 4.39 Å². The molecule has 4 nitrogen and oxygen atoms in total. The van der Waals surface area contributed by atoms with Crippen LogP contribution in [0.1, 0.15) is 30.4 Å². The normalized spacial score (nSPS) is 14.4. The Morgan fingerprint density at radius 2 is 2.16 bits per heavy atom. The number of hydrogen-bond donors (Lipinski definition) is 1. The van der Waals surface area contributed by atoms with Crippen molar-refractivity contribution in [3.8, 4) is 0 Å². The van der Waals surface area contributed by atoms with E-state index >= 15 is 0 Å². The third kappa shape index (κ3) is 2.81. The summed E-state index contributed by atoms with van der Waals surface area (Å²) >= 11 is 0. The molecule has 0 spiro atoms. The van der Waals surface area contributed by atoms with Crippen LogP contribution in [0, 0.1) is 12.7 Å². The van der Waals surface area contributed by atoms with E-state index < -0.39 is 5.54 Å². The molecule has 19 heavy (non-hydrogen) atoms. The molecule has 2 N–H and O–H groups in total. The number of rotatable bonds is 4. The van der Waals surface area contributed by atoms with Gasteiger partial charge in [0.1, 0.15) is 5.82 Å². The number of halogens is 1. The third-order valence-corrected chi connectivity index (χ3v) is 3.46. The summed E-state index contributed by atoms with van der Waals surface area (Å²) in [6.07, 6.45) is 2.55. The zero-order valence-corrected chi connectivity index (χ0v) is 11.5. The Labute approximate surface area is 112 Å². The molecular formula is C14H19FN4. The third-order valence-electron chi connectivity index (χ3n) is 3.46. The highest BCUT2D eigenvalue weighted by molar-refractivity contribution is 5.21. The molecule has 2 aromatic heterocycles. The van der Waals surface area contributed by atoms with Gasteiger partial charge in [0.15, 0.2) is 0 Å². The van der Waals surface area contributed by atoms with Crippen LogP contribution >= 0.6 is 0 Å². The summed E-state index contributed by atoms with van der Waals surface area (Å²) in [5.41, 5.74) is 8.56. The molecule has 2 aromatic rings. The summed E-state index contributed by atoms with van der Waals surface area (Å²) in [6.45, 7) is 3.96. The molecule has 0 amide bonds. The Balaban J connectivity index is 2.32. The minimum Gasteiger partial charge on any atom is -0.320 e. The standard InChI is InChI=1S/C14H19FN4/c1-4-14(16,13-6-5-11(15)9-17-13)8-12-7-10(2)18-19(12)3/h5-7,9H,4,8,16H2,1-3H3. The summed E-state index contributed by atoms with van der Waals surface area (Å²) in [5.74, 6) is -0.349. The number of aromatic nitrogens is 3. The van der Waals surface area contributed by atoms with Crippen LogP contribution in [0.5, 0.6) is 0 Å². The number of nitrogens with two attached hydrogens (primary N) is 1. The Bertz CT molecular complexity index is 561. The fourth-order valence-corrected chi connectivity index (χ4v) is 2.22. The molecule has 102 valence electrons. The van der Waals surface area contributed by atoms with Crippen molar-refractivity contribution < 1.29 is 4.39 Å². The molecule has 0 radical (unpaired) electrons. The second kappa shape index (κ2) is 5.09. The molecular weight excluding hydrogens is 243 g/mol. The lowest BCUT2D eigenvalue weighted by Crippen LogP contribution is -2.39. The molecule has 5 heteroatoms. The van der Waals surface area contributed by atoms with Gasteiger partial charge >= 0.3 is 0 Å². The lowest BCUT2D eigenvalue weighted by atomic mass is 9.87. The molecule has 0 aromatic carbocycles. The van der Waals surface area contributed by atoms with Gasteiger partial charge in [-0.2, -0.15) is 5.10 Å². The Kier molecular flexibility index (Phi) is 3.66. The topological polar surface area (TPSA) is 56.7 Å². The van der Waals surface area contributed by atoms with Crippen molar-refractivity contribution >= 4 is 0 Å². The van der Waals surface area contributed by atoms with E-state index in [1.54, 1.807) is 6.07 Å². The first-order valence-corrected chi connectivity index (χ1v) is 6.35. The van der Waals surface area contributed by atoms with E-state index in [1.807, 2.05) is 31.6 Å². The second-order valence-corrected chi connectivity index (χ2v) is 4.95. The van der Waals surface area contributed by atoms with Crippen LogP contribution < -0.4 is 5.73 Å². The molecule has 0 bridgehead atoms. The molecule has 0 saturated carbocycles. The maximum absolute atomic E-state index is 13.0. The Hall–Kier alpha value is -1.75. The van der Waals surface area contributed by atoms with Gasteiger partial charge in [-0.05, 0) is 31.5 Å². The molecule has 0 aliphatic rings. The van der Waals surface area contributed by atoms with Crippen molar-refractivity contribution in [2.24, 2.45) is 12.8 Å². The fourth-order valence-electron chi connectivity index (χ4n) is 2.22. The van der Waals surface area contributed by atoms with Crippen LogP contribution in [0.3, 0.4) is 0 Å². The van der Waals surface area contributed by atoms with Crippen LogP contribution in [-0.2, 0) is 19.0 Å². The number of pyridine rings is 1. The average molecular weight is 262 g/mol. The molecule has 0 fully saturated rings. The van der Waals surface area contributed by atoms with Crippen LogP contribution in [0.15, 0.2) is 24.4 Å². The first-order valence-electron chi connectivity index (χ1n) is 6.35. The lowest BCUT2D eigenvalue weighted by Gasteiger charge is -2.27. The van der Waals surface area contributed by atoms with Crippen molar-refractivity contribution in [2.45, 2.75) is 32.2 Å². The maximum Gasteiger partial charge on any atom is 0.141 e. The van der Waals surface area contributed by atoms with Crippen molar-refractivity contribution in [3.05, 3.63) is 47.3 Å². The molecule has 2 heterocycles. The largest absolute Gasteiger partial charge is 0.320 e. The highest BCUT2D eigenvalue weighted by Crippen LogP contribution is 2.25. The maximum atomic E-state index is 13.0. The van der Waals surface area contributed by atoms with Gasteiger partial charge in [0.2, 0.25) is 0 Å². The van der Waals surface area contributed by atoms with E-state index in [-0.39, 0.29) is 5.82 Å². The van der Waals surface area contributed by atoms with E-state index in [9.17, 15) is 4.39 Å². The van der Waals surface area contributed by atoms with E-state index in [4.69, 9.17) is 5.73 Å². The van der Waals surface area contributed by atoms with Gasteiger partial charge in [-0.15, -0.1) is 0 Å². The fraction of sp³-hybridized carbons (Fsp3) is 0.429. The van der Waals surface area contributed by atoms with Crippen LogP contribution in [0.2, 0.25) is 0 Å². The van der Waals surface area contributed by atoms with Crippen molar-refractivity contribution in [1.82, 2.24) is 14.8 Å². The highest BCUT2D eigenvalue weighted by Gasteiger charge is 2.28. The van der Waals surface area contributed by atoms with Crippen LogP contribution in [0.25, 0.3) is 0 Å². The van der Waals surface area contributed by atoms with Crippen molar-refractivity contribution in [1.29, 1.82) is 0 Å². The predicted molar refractivity (Wildman–Crippen MR) is 72.0 cm³/mol. The summed E-state index contributed by atoms with van der Waals surface area (Å²) in [4.78, 5) is 4.12. The number of nitrogens with zero attached hydrogens (tertiary/aromatic N) is 3. The summed E-state index contributed by atoms with van der Waals surface area (Å²) in [6, 6.07) is 5.07. The SMILES string of the molecule is CCC(N)(Cc1cc(C)nn1C)c1ccc(F)cn1. The first kappa shape index (κ1) is 13.7. The summed E-state index contributed by atoms with van der Waals surface area (Å²) < 4.78 is 14.8. The number of aryl methyl sites for hydroxylation is 2. The summed E-state index contributed by atoms with van der Waals surface area (Å²) in [7, 11) is 1.90. The molecule has 0 aliphatic carbocycles. The molecule has 0 aliphatic heterocycles. The van der Waals surface area contributed by atoms with E-state index in [2.05, 4.69) is 10.1 Å². The van der Waals surface area contributed by atoms with E-state index in [0.717, 1.165) is 17.8 Å². The monoisotopic (exact) mass is 262 g/mol. The molecule has 0 saturated heterocycles. The quantitative estimate of drug-likeness (QED) is 0.917. The minimum atomic E-state index is -0.603. The molecule has 1 unspecified atom stereocenters. The molecule has 1 atom stereocenters. The van der Waals surface area contributed by atoms with E-state index in [0.29, 0.717) is 12.1 Å². The zero-order valence-electron chi connectivity index (χ0n) is 11.5. The van der Waals surface area contributed by atoms with Crippen molar-refractivity contribution in [2.75, 3.05) is 0 Å². The lowest BCUT2D eigenvalue weighted by molar-refractivity contribution is 0.399. The van der Waals surface area contributed by atoms with Gasteiger partial charge in [0.05, 0.1) is 23.1 Å². The average Bonchev–Trinajstić information content (AvgIpc) is 2.68. The van der Waals surface area contributed by atoms with Gasteiger partial charge in [0.25, 0.3) is 0 Å². The van der Waals surface area contributed by atoms with Gasteiger partial charge in [-0.3, -0.25) is 9.67 Å². The zero-order chi connectivity index (χ0) is 14.0. The van der Waals surface area contributed by atoms with Gasteiger partial charge < -0.3 is 5.73 Å².